The van der Waals surface area contributed by atoms with Gasteiger partial charge in [-0.15, -0.1) is 0 Å². The monoisotopic (exact) mass is 293 g/mol. The van der Waals surface area contributed by atoms with Crippen molar-refractivity contribution in [3.63, 3.8) is 0 Å². The van der Waals surface area contributed by atoms with Crippen molar-refractivity contribution in [1.82, 2.24) is 4.31 Å². The molecule has 5 heteroatoms. The molecule has 1 aromatic rings. The van der Waals surface area contributed by atoms with Gasteiger partial charge in [0.25, 0.3) is 0 Å². The zero-order valence-electron chi connectivity index (χ0n) is 11.7. The molecule has 0 aliphatic heterocycles. The van der Waals surface area contributed by atoms with Crippen LogP contribution in [0.25, 0.3) is 0 Å². The fraction of sp³-hybridized carbons (Fsp3) is 0.467. The zero-order valence-corrected chi connectivity index (χ0v) is 12.5. The maximum absolute atomic E-state index is 12.6. The Morgan fingerprint density at radius 2 is 2.05 bits per heavy atom. The number of benzene rings is 1. The molecule has 2 unspecified atom stereocenters. The Balaban J connectivity index is 2.29. The fourth-order valence-corrected chi connectivity index (χ4v) is 3.55. The molecular formula is C15H19NO3S. The molecule has 0 aromatic heterocycles. The van der Waals surface area contributed by atoms with Crippen molar-refractivity contribution in [1.29, 1.82) is 0 Å². The number of aliphatic hydroxyl groups is 1. The molecule has 2 atom stereocenters. The van der Waals surface area contributed by atoms with Crippen LogP contribution in [0.3, 0.4) is 0 Å². The third kappa shape index (κ3) is 3.21. The van der Waals surface area contributed by atoms with Gasteiger partial charge in [-0.3, -0.25) is 0 Å². The lowest BCUT2D eigenvalue weighted by molar-refractivity contribution is 0.350. The Labute approximate surface area is 120 Å². The molecule has 1 aliphatic carbocycles. The number of rotatable bonds is 4. The normalized spacial score (nSPS) is 21.4. The number of aliphatic hydroxyl groups excluding tert-OH is 1. The van der Waals surface area contributed by atoms with Gasteiger partial charge < -0.3 is 5.11 Å². The molecule has 1 saturated carbocycles. The summed E-state index contributed by atoms with van der Waals surface area (Å²) >= 11 is 0. The summed E-state index contributed by atoms with van der Waals surface area (Å²) in [6.07, 6.45) is 1.09. The lowest BCUT2D eigenvalue weighted by atomic mass is 10.2. The van der Waals surface area contributed by atoms with E-state index in [1.807, 2.05) is 0 Å². The van der Waals surface area contributed by atoms with E-state index >= 15 is 0 Å². The molecule has 0 amide bonds. The van der Waals surface area contributed by atoms with Crippen LogP contribution in [0.15, 0.2) is 29.2 Å². The fourth-order valence-electron chi connectivity index (χ4n) is 2.18. The Morgan fingerprint density at radius 1 is 1.40 bits per heavy atom. The van der Waals surface area contributed by atoms with Gasteiger partial charge in [0, 0.05) is 19.2 Å². The van der Waals surface area contributed by atoms with Gasteiger partial charge in [0.1, 0.15) is 6.61 Å². The van der Waals surface area contributed by atoms with Crippen molar-refractivity contribution in [2.24, 2.45) is 11.8 Å². The molecule has 0 radical (unpaired) electrons. The quantitative estimate of drug-likeness (QED) is 0.852. The second-order valence-corrected chi connectivity index (χ2v) is 7.23. The molecule has 2 rings (SSSR count). The van der Waals surface area contributed by atoms with Crippen LogP contribution in [0.5, 0.6) is 0 Å². The average molecular weight is 293 g/mol. The summed E-state index contributed by atoms with van der Waals surface area (Å²) in [6, 6.07) is 6.64. The summed E-state index contributed by atoms with van der Waals surface area (Å²) < 4.78 is 26.6. The van der Waals surface area contributed by atoms with Crippen molar-refractivity contribution in [3.8, 4) is 11.8 Å². The molecule has 1 N–H and O–H groups in total. The number of hydrogen-bond acceptors (Lipinski definition) is 3. The second-order valence-electron chi connectivity index (χ2n) is 5.21. The minimum atomic E-state index is -3.53. The van der Waals surface area contributed by atoms with Gasteiger partial charge in [-0.25, -0.2) is 12.7 Å². The van der Waals surface area contributed by atoms with Gasteiger partial charge in [-0.05, 0) is 30.4 Å². The van der Waals surface area contributed by atoms with Gasteiger partial charge >= 0.3 is 0 Å². The summed E-state index contributed by atoms with van der Waals surface area (Å²) in [6.45, 7) is 2.39. The first-order valence-electron chi connectivity index (χ1n) is 6.62. The van der Waals surface area contributed by atoms with E-state index in [1.165, 1.54) is 4.31 Å². The van der Waals surface area contributed by atoms with Gasteiger partial charge in [-0.1, -0.05) is 30.9 Å². The smallest absolute Gasteiger partial charge is 0.244 e. The van der Waals surface area contributed by atoms with E-state index in [1.54, 1.807) is 31.3 Å². The number of nitrogens with zero attached hydrogens (tertiary/aromatic N) is 1. The average Bonchev–Trinajstić information content (AvgIpc) is 3.12. The van der Waals surface area contributed by atoms with Crippen molar-refractivity contribution in [2.45, 2.75) is 18.2 Å². The highest BCUT2D eigenvalue weighted by Gasteiger charge is 2.36. The van der Waals surface area contributed by atoms with E-state index in [9.17, 15) is 8.42 Å². The molecule has 1 aliphatic rings. The van der Waals surface area contributed by atoms with Crippen LogP contribution in [-0.2, 0) is 10.0 Å². The molecule has 0 heterocycles. The largest absolute Gasteiger partial charge is 0.384 e. The first-order chi connectivity index (χ1) is 9.46. The molecule has 1 aromatic carbocycles. The van der Waals surface area contributed by atoms with Crippen LogP contribution in [0.1, 0.15) is 18.9 Å². The second kappa shape index (κ2) is 5.96. The maximum atomic E-state index is 12.6. The Bertz CT molecular complexity index is 643. The number of hydrogen-bond donors (Lipinski definition) is 1. The van der Waals surface area contributed by atoms with E-state index in [-0.39, 0.29) is 11.5 Å². The van der Waals surface area contributed by atoms with E-state index in [4.69, 9.17) is 5.11 Å². The molecule has 0 saturated heterocycles. The van der Waals surface area contributed by atoms with Crippen LogP contribution in [0, 0.1) is 23.7 Å². The van der Waals surface area contributed by atoms with Crippen LogP contribution in [0.4, 0.5) is 0 Å². The summed E-state index contributed by atoms with van der Waals surface area (Å²) in [5, 5.41) is 8.75. The van der Waals surface area contributed by atoms with Gasteiger partial charge in [0.05, 0.1) is 4.90 Å². The van der Waals surface area contributed by atoms with E-state index < -0.39 is 10.0 Å². The number of sulfonamides is 1. The molecule has 1 fully saturated rings. The van der Waals surface area contributed by atoms with Gasteiger partial charge in [-0.2, -0.15) is 0 Å². The molecule has 0 spiro atoms. The van der Waals surface area contributed by atoms with Gasteiger partial charge in [0.2, 0.25) is 10.0 Å². The minimum absolute atomic E-state index is 0.205. The van der Waals surface area contributed by atoms with Crippen LogP contribution in [0.2, 0.25) is 0 Å². The van der Waals surface area contributed by atoms with Crippen LogP contribution in [-0.4, -0.2) is 38.0 Å². The first-order valence-corrected chi connectivity index (χ1v) is 8.06. The predicted octanol–water partition coefficient (Wildman–Crippen LogP) is 1.31. The Hall–Kier alpha value is -1.35. The maximum Gasteiger partial charge on any atom is 0.244 e. The summed E-state index contributed by atoms with van der Waals surface area (Å²) in [7, 11) is -1.92. The SMILES string of the molecule is CC1CC1CN(C)S(=O)(=O)c1ccccc1C#CCO. The summed E-state index contributed by atoms with van der Waals surface area (Å²) in [4.78, 5) is 0.205. The third-order valence-electron chi connectivity index (χ3n) is 3.65. The molecule has 108 valence electrons. The third-order valence-corrected chi connectivity index (χ3v) is 5.53. The minimum Gasteiger partial charge on any atom is -0.384 e. The van der Waals surface area contributed by atoms with Crippen LogP contribution < -0.4 is 0 Å². The summed E-state index contributed by atoms with van der Waals surface area (Å²) in [5.74, 6) is 6.27. The lowest BCUT2D eigenvalue weighted by Gasteiger charge is -2.18. The predicted molar refractivity (Wildman–Crippen MR) is 77.5 cm³/mol. The van der Waals surface area contributed by atoms with Crippen molar-refractivity contribution < 1.29 is 13.5 Å². The van der Waals surface area contributed by atoms with Gasteiger partial charge in [0.15, 0.2) is 0 Å². The molecule has 0 bridgehead atoms. The lowest BCUT2D eigenvalue weighted by Crippen LogP contribution is -2.29. The van der Waals surface area contributed by atoms with E-state index in [0.717, 1.165) is 6.42 Å². The van der Waals surface area contributed by atoms with Crippen molar-refractivity contribution in [3.05, 3.63) is 29.8 Å². The highest BCUT2D eigenvalue weighted by molar-refractivity contribution is 7.89. The topological polar surface area (TPSA) is 57.6 Å². The molecule has 4 nitrogen and oxygen atoms in total. The van der Waals surface area contributed by atoms with Crippen LogP contribution >= 0.6 is 0 Å². The highest BCUT2D eigenvalue weighted by Crippen LogP contribution is 2.38. The Kier molecular flexibility index (Phi) is 4.48. The summed E-state index contributed by atoms with van der Waals surface area (Å²) in [5.41, 5.74) is 0.428. The molecular weight excluding hydrogens is 274 g/mol. The first kappa shape index (κ1) is 15.0. The zero-order chi connectivity index (χ0) is 14.8. The van der Waals surface area contributed by atoms with E-state index in [2.05, 4.69) is 18.8 Å². The van der Waals surface area contributed by atoms with Crippen molar-refractivity contribution in [2.75, 3.05) is 20.2 Å². The van der Waals surface area contributed by atoms with E-state index in [0.29, 0.717) is 23.9 Å². The standard InChI is InChI=1S/C15H19NO3S/c1-12-10-14(12)11-16(2)20(18,19)15-8-4-3-6-13(15)7-5-9-17/h3-4,6,8,12,14,17H,9-11H2,1-2H3. The Morgan fingerprint density at radius 3 is 2.65 bits per heavy atom. The highest BCUT2D eigenvalue weighted by atomic mass is 32.2. The van der Waals surface area contributed by atoms with Crippen molar-refractivity contribution >= 4 is 10.0 Å². The molecule has 20 heavy (non-hydrogen) atoms.